The Morgan fingerprint density at radius 3 is 2.17 bits per heavy atom. The van der Waals surface area contributed by atoms with E-state index in [4.69, 9.17) is 0 Å². The van der Waals surface area contributed by atoms with Gasteiger partial charge in [0.2, 0.25) is 0 Å². The molecule has 108 valence electrons. The van der Waals surface area contributed by atoms with Gasteiger partial charge in [0.1, 0.15) is 0 Å². The molecule has 1 heterocycles. The summed E-state index contributed by atoms with van der Waals surface area (Å²) in [6, 6.07) is 0.834. The number of hydrogen-bond acceptors (Lipinski definition) is 2. The summed E-state index contributed by atoms with van der Waals surface area (Å²) in [5.41, 5.74) is 0. The summed E-state index contributed by atoms with van der Waals surface area (Å²) in [4.78, 5) is 5.25. The Kier molecular flexibility index (Phi) is 7.25. The molecule has 0 atom stereocenters. The van der Waals surface area contributed by atoms with E-state index in [0.717, 1.165) is 17.9 Å². The Bertz CT molecular complexity index is 205. The van der Waals surface area contributed by atoms with Crippen molar-refractivity contribution in [1.29, 1.82) is 0 Å². The fourth-order valence-electron chi connectivity index (χ4n) is 2.99. The molecule has 1 aliphatic rings. The molecule has 0 aromatic rings. The monoisotopic (exact) mass is 254 g/mol. The molecule has 0 aliphatic carbocycles. The van der Waals surface area contributed by atoms with E-state index in [0.29, 0.717) is 0 Å². The van der Waals surface area contributed by atoms with Crippen LogP contribution in [0, 0.1) is 11.8 Å². The number of likely N-dealkylation sites (tertiary alicyclic amines) is 1. The van der Waals surface area contributed by atoms with Crippen LogP contribution in [0.5, 0.6) is 0 Å². The molecule has 1 rings (SSSR count). The molecule has 1 aliphatic heterocycles. The van der Waals surface area contributed by atoms with Crippen LogP contribution >= 0.6 is 0 Å². The second-order valence-electron chi connectivity index (χ2n) is 6.94. The SMILES string of the molecule is CC(C)CCCN(C)C1CCN(CC(C)C)CC1. The number of nitrogens with zero attached hydrogens (tertiary/aromatic N) is 2. The summed E-state index contributed by atoms with van der Waals surface area (Å²) in [6.45, 7) is 14.5. The third kappa shape index (κ3) is 6.19. The normalized spacial score (nSPS) is 19.3. The zero-order valence-corrected chi connectivity index (χ0v) is 13.3. The quantitative estimate of drug-likeness (QED) is 0.686. The first-order chi connectivity index (χ1) is 8.49. The zero-order valence-electron chi connectivity index (χ0n) is 13.3. The first-order valence-corrected chi connectivity index (χ1v) is 7.91. The van der Waals surface area contributed by atoms with Gasteiger partial charge in [-0.3, -0.25) is 0 Å². The van der Waals surface area contributed by atoms with Crippen molar-refractivity contribution >= 4 is 0 Å². The summed E-state index contributed by atoms with van der Waals surface area (Å²) in [5, 5.41) is 0. The predicted octanol–water partition coefficient (Wildman–Crippen LogP) is 3.47. The van der Waals surface area contributed by atoms with E-state index in [9.17, 15) is 0 Å². The van der Waals surface area contributed by atoms with Crippen LogP contribution in [0.1, 0.15) is 53.4 Å². The lowest BCUT2D eigenvalue weighted by molar-refractivity contribution is 0.118. The van der Waals surface area contributed by atoms with Gasteiger partial charge in [0.05, 0.1) is 0 Å². The van der Waals surface area contributed by atoms with Gasteiger partial charge >= 0.3 is 0 Å². The third-order valence-electron chi connectivity index (χ3n) is 4.10. The van der Waals surface area contributed by atoms with Crippen LogP contribution in [-0.4, -0.2) is 49.1 Å². The Balaban J connectivity index is 2.17. The van der Waals surface area contributed by atoms with Crippen molar-refractivity contribution in [2.45, 2.75) is 59.4 Å². The van der Waals surface area contributed by atoms with Crippen molar-refractivity contribution in [3.05, 3.63) is 0 Å². The molecule has 0 spiro atoms. The van der Waals surface area contributed by atoms with E-state index in [1.165, 1.54) is 51.9 Å². The van der Waals surface area contributed by atoms with E-state index >= 15 is 0 Å². The first-order valence-electron chi connectivity index (χ1n) is 7.91. The van der Waals surface area contributed by atoms with Gasteiger partial charge in [-0.2, -0.15) is 0 Å². The van der Waals surface area contributed by atoms with Gasteiger partial charge in [-0.15, -0.1) is 0 Å². The number of piperidine rings is 1. The Hall–Kier alpha value is -0.0800. The predicted molar refractivity (Wildman–Crippen MR) is 81.0 cm³/mol. The summed E-state index contributed by atoms with van der Waals surface area (Å²) in [7, 11) is 2.32. The number of hydrogen-bond donors (Lipinski definition) is 0. The molecule has 0 saturated carbocycles. The van der Waals surface area contributed by atoms with Crippen molar-refractivity contribution in [2.75, 3.05) is 33.2 Å². The molecular weight excluding hydrogens is 220 g/mol. The first kappa shape index (κ1) is 16.0. The second kappa shape index (κ2) is 8.16. The maximum atomic E-state index is 2.64. The van der Waals surface area contributed by atoms with Gasteiger partial charge < -0.3 is 9.80 Å². The Morgan fingerprint density at radius 2 is 1.67 bits per heavy atom. The van der Waals surface area contributed by atoms with E-state index in [-0.39, 0.29) is 0 Å². The fourth-order valence-corrected chi connectivity index (χ4v) is 2.99. The highest BCUT2D eigenvalue weighted by Gasteiger charge is 2.22. The largest absolute Gasteiger partial charge is 0.303 e. The summed E-state index contributed by atoms with van der Waals surface area (Å²) >= 11 is 0. The molecule has 1 fully saturated rings. The lowest BCUT2D eigenvalue weighted by atomic mass is 10.0. The van der Waals surface area contributed by atoms with Crippen LogP contribution < -0.4 is 0 Å². The van der Waals surface area contributed by atoms with E-state index in [2.05, 4.69) is 44.5 Å². The molecule has 2 nitrogen and oxygen atoms in total. The van der Waals surface area contributed by atoms with Crippen molar-refractivity contribution in [3.63, 3.8) is 0 Å². The molecule has 18 heavy (non-hydrogen) atoms. The second-order valence-corrected chi connectivity index (χ2v) is 6.94. The molecule has 0 unspecified atom stereocenters. The fraction of sp³-hybridized carbons (Fsp3) is 1.00. The summed E-state index contributed by atoms with van der Waals surface area (Å²) in [6.07, 6.45) is 5.46. The van der Waals surface area contributed by atoms with Crippen molar-refractivity contribution < 1.29 is 0 Å². The highest BCUT2D eigenvalue weighted by Crippen LogP contribution is 2.17. The highest BCUT2D eigenvalue weighted by molar-refractivity contribution is 4.78. The molecule has 1 saturated heterocycles. The maximum Gasteiger partial charge on any atom is 0.0117 e. The van der Waals surface area contributed by atoms with Crippen molar-refractivity contribution in [2.24, 2.45) is 11.8 Å². The van der Waals surface area contributed by atoms with E-state index in [1.54, 1.807) is 0 Å². The summed E-state index contributed by atoms with van der Waals surface area (Å²) in [5.74, 6) is 1.66. The summed E-state index contributed by atoms with van der Waals surface area (Å²) < 4.78 is 0. The molecule has 0 N–H and O–H groups in total. The van der Waals surface area contributed by atoms with Gasteiger partial charge in [-0.25, -0.2) is 0 Å². The van der Waals surface area contributed by atoms with Gasteiger partial charge in [0.15, 0.2) is 0 Å². The molecule has 0 bridgehead atoms. The van der Waals surface area contributed by atoms with Gasteiger partial charge in [0.25, 0.3) is 0 Å². The molecule has 2 heteroatoms. The topological polar surface area (TPSA) is 6.48 Å². The van der Waals surface area contributed by atoms with Crippen molar-refractivity contribution in [3.8, 4) is 0 Å². The molecule has 0 radical (unpaired) electrons. The van der Waals surface area contributed by atoms with Crippen LogP contribution in [0.2, 0.25) is 0 Å². The lowest BCUT2D eigenvalue weighted by Crippen LogP contribution is -2.44. The Labute approximate surface area is 115 Å². The van der Waals surface area contributed by atoms with Gasteiger partial charge in [0, 0.05) is 12.6 Å². The van der Waals surface area contributed by atoms with Crippen LogP contribution in [0.3, 0.4) is 0 Å². The standard InChI is InChI=1S/C16H34N2/c1-14(2)7-6-10-17(5)16-8-11-18(12-9-16)13-15(3)4/h14-16H,6-13H2,1-5H3. The highest BCUT2D eigenvalue weighted by atomic mass is 15.2. The molecular formula is C16H34N2. The zero-order chi connectivity index (χ0) is 13.5. The molecule has 0 aromatic carbocycles. The number of rotatable bonds is 7. The van der Waals surface area contributed by atoms with Gasteiger partial charge in [-0.05, 0) is 64.2 Å². The van der Waals surface area contributed by atoms with Crippen LogP contribution in [0.25, 0.3) is 0 Å². The van der Waals surface area contributed by atoms with Crippen LogP contribution in [-0.2, 0) is 0 Å². The average Bonchev–Trinajstić information content (AvgIpc) is 2.28. The third-order valence-corrected chi connectivity index (χ3v) is 4.10. The van der Waals surface area contributed by atoms with Crippen molar-refractivity contribution in [1.82, 2.24) is 9.80 Å². The van der Waals surface area contributed by atoms with E-state index in [1.807, 2.05) is 0 Å². The molecule has 0 amide bonds. The van der Waals surface area contributed by atoms with Gasteiger partial charge in [-0.1, -0.05) is 27.7 Å². The average molecular weight is 254 g/mol. The minimum atomic E-state index is 0.810. The lowest BCUT2D eigenvalue weighted by Gasteiger charge is -2.37. The minimum absolute atomic E-state index is 0.810. The van der Waals surface area contributed by atoms with Crippen LogP contribution in [0.15, 0.2) is 0 Å². The molecule has 0 aromatic heterocycles. The minimum Gasteiger partial charge on any atom is -0.303 e. The maximum absolute atomic E-state index is 2.64. The van der Waals surface area contributed by atoms with E-state index < -0.39 is 0 Å². The smallest absolute Gasteiger partial charge is 0.0117 e. The van der Waals surface area contributed by atoms with Crippen LogP contribution in [0.4, 0.5) is 0 Å². The Morgan fingerprint density at radius 1 is 1.06 bits per heavy atom.